The number of aromatic nitrogens is 1. The standard InChI is InChI=1S/C48H34NP/c1-50(38-18-7-3-8-19-38,39-20-9-4-10-21-39)47-32-30-40(42-23-13-14-24-43(42)47)36-25-27-37(28-26-36)46-33-44(34-15-5-2-6-16-34)48-41-22-12-11-17-35(41)29-31-45(48)49-46/h2-33H,1H2. The molecule has 2 heteroatoms. The summed E-state index contributed by atoms with van der Waals surface area (Å²) in [6, 6.07) is 69.9. The molecule has 0 amide bonds. The second-order valence-corrected chi connectivity index (χ2v) is 16.0. The van der Waals surface area contributed by atoms with Crippen molar-refractivity contribution >= 4 is 61.5 Å². The summed E-state index contributed by atoms with van der Waals surface area (Å²) >= 11 is 0. The molecular formula is C48H34NP. The van der Waals surface area contributed by atoms with E-state index in [1.54, 1.807) is 0 Å². The highest BCUT2D eigenvalue weighted by Crippen LogP contribution is 2.45. The van der Waals surface area contributed by atoms with Gasteiger partial charge in [-0.1, -0.05) is 188 Å². The maximum absolute atomic E-state index is 5.23. The number of benzene rings is 8. The summed E-state index contributed by atoms with van der Waals surface area (Å²) in [4.78, 5) is 5.23. The van der Waals surface area contributed by atoms with Crippen molar-refractivity contribution in [3.05, 3.63) is 194 Å². The van der Waals surface area contributed by atoms with Gasteiger partial charge in [0.25, 0.3) is 0 Å². The third kappa shape index (κ3) is 5.07. The van der Waals surface area contributed by atoms with Crippen LogP contribution in [0.5, 0.6) is 0 Å². The largest absolute Gasteiger partial charge is 0.248 e. The topological polar surface area (TPSA) is 12.9 Å². The Balaban J connectivity index is 1.17. The summed E-state index contributed by atoms with van der Waals surface area (Å²) in [5.74, 6) is 0. The monoisotopic (exact) mass is 655 g/mol. The van der Waals surface area contributed by atoms with E-state index in [-0.39, 0.29) is 0 Å². The summed E-state index contributed by atoms with van der Waals surface area (Å²) in [6.45, 7) is -2.16. The van der Waals surface area contributed by atoms with Crippen LogP contribution in [0.3, 0.4) is 0 Å². The molecule has 236 valence electrons. The first-order chi connectivity index (χ1) is 24.7. The van der Waals surface area contributed by atoms with Crippen LogP contribution in [-0.2, 0) is 0 Å². The minimum Gasteiger partial charge on any atom is -0.248 e. The van der Waals surface area contributed by atoms with Gasteiger partial charge in [0.2, 0.25) is 0 Å². The van der Waals surface area contributed by atoms with Crippen LogP contribution in [0.25, 0.3) is 66.0 Å². The van der Waals surface area contributed by atoms with E-state index in [0.717, 1.165) is 16.8 Å². The molecule has 0 bridgehead atoms. The van der Waals surface area contributed by atoms with Crippen LogP contribution in [0.1, 0.15) is 0 Å². The van der Waals surface area contributed by atoms with E-state index in [1.807, 2.05) is 0 Å². The highest BCUT2D eigenvalue weighted by Gasteiger charge is 2.25. The molecule has 9 rings (SSSR count). The van der Waals surface area contributed by atoms with Crippen molar-refractivity contribution < 1.29 is 0 Å². The normalized spacial score (nSPS) is 11.7. The zero-order valence-corrected chi connectivity index (χ0v) is 28.5. The quantitative estimate of drug-likeness (QED) is 0.128. The van der Waals surface area contributed by atoms with Gasteiger partial charge in [0.1, 0.15) is 0 Å². The lowest BCUT2D eigenvalue weighted by Gasteiger charge is -2.28. The third-order valence-electron chi connectivity index (χ3n) is 9.98. The minimum atomic E-state index is -2.16. The lowest BCUT2D eigenvalue weighted by molar-refractivity contribution is 1.40. The smallest absolute Gasteiger partial charge is 0.0722 e. The highest BCUT2D eigenvalue weighted by atomic mass is 31.2. The lowest BCUT2D eigenvalue weighted by atomic mass is 9.93. The van der Waals surface area contributed by atoms with Crippen LogP contribution in [-0.4, -0.2) is 11.3 Å². The average Bonchev–Trinajstić information content (AvgIpc) is 3.20. The Kier molecular flexibility index (Phi) is 7.50. The van der Waals surface area contributed by atoms with E-state index >= 15 is 0 Å². The molecule has 0 radical (unpaired) electrons. The third-order valence-corrected chi connectivity index (χ3v) is 13.6. The van der Waals surface area contributed by atoms with Crippen molar-refractivity contribution in [3.63, 3.8) is 0 Å². The Morgan fingerprint density at radius 1 is 0.400 bits per heavy atom. The molecule has 0 atom stereocenters. The van der Waals surface area contributed by atoms with Gasteiger partial charge in [-0.15, -0.1) is 0 Å². The van der Waals surface area contributed by atoms with Gasteiger partial charge in [-0.05, 0) is 78.7 Å². The fourth-order valence-electron chi connectivity index (χ4n) is 7.48. The second kappa shape index (κ2) is 12.5. The van der Waals surface area contributed by atoms with Gasteiger partial charge >= 0.3 is 0 Å². The first-order valence-electron chi connectivity index (χ1n) is 17.0. The molecule has 0 aliphatic carbocycles. The van der Waals surface area contributed by atoms with Crippen LogP contribution in [0.2, 0.25) is 0 Å². The molecule has 0 saturated heterocycles. The summed E-state index contributed by atoms with van der Waals surface area (Å²) < 4.78 is 0. The van der Waals surface area contributed by atoms with Crippen molar-refractivity contribution in [2.45, 2.75) is 0 Å². The van der Waals surface area contributed by atoms with E-state index < -0.39 is 6.89 Å². The van der Waals surface area contributed by atoms with Gasteiger partial charge in [0, 0.05) is 10.9 Å². The van der Waals surface area contributed by atoms with Crippen molar-refractivity contribution in [3.8, 4) is 33.5 Å². The van der Waals surface area contributed by atoms with Gasteiger partial charge in [0.05, 0.1) is 11.2 Å². The minimum absolute atomic E-state index is 0.968. The second-order valence-electron chi connectivity index (χ2n) is 12.8. The van der Waals surface area contributed by atoms with E-state index in [4.69, 9.17) is 11.3 Å². The maximum Gasteiger partial charge on any atom is 0.0722 e. The zero-order valence-electron chi connectivity index (χ0n) is 27.6. The summed E-state index contributed by atoms with van der Waals surface area (Å²) in [7, 11) is 0. The number of pyridine rings is 1. The molecule has 0 unspecified atom stereocenters. The number of fused-ring (bicyclic) bond motifs is 4. The number of hydrogen-bond acceptors (Lipinski definition) is 1. The van der Waals surface area contributed by atoms with Gasteiger partial charge < -0.3 is 0 Å². The van der Waals surface area contributed by atoms with E-state index in [0.29, 0.717) is 0 Å². The maximum atomic E-state index is 5.23. The number of rotatable bonds is 6. The van der Waals surface area contributed by atoms with Crippen LogP contribution in [0.4, 0.5) is 0 Å². The molecule has 0 spiro atoms. The molecule has 9 aromatic rings. The van der Waals surface area contributed by atoms with Crippen LogP contribution >= 0.6 is 6.89 Å². The zero-order chi connectivity index (χ0) is 33.5. The van der Waals surface area contributed by atoms with Crippen molar-refractivity contribution in [1.82, 2.24) is 4.98 Å². The highest BCUT2D eigenvalue weighted by molar-refractivity contribution is 7.93. The summed E-state index contributed by atoms with van der Waals surface area (Å²) in [5.41, 5.74) is 7.85. The first kappa shape index (κ1) is 30.1. The van der Waals surface area contributed by atoms with E-state index in [1.165, 1.54) is 65.1 Å². The van der Waals surface area contributed by atoms with Crippen LogP contribution < -0.4 is 15.9 Å². The molecular weight excluding hydrogens is 622 g/mol. The van der Waals surface area contributed by atoms with Crippen molar-refractivity contribution in [1.29, 1.82) is 0 Å². The Labute approximate surface area is 293 Å². The molecule has 1 nitrogen and oxygen atoms in total. The fourth-order valence-corrected chi connectivity index (χ4v) is 10.6. The Bertz CT molecular complexity index is 2650. The molecule has 0 aliphatic rings. The van der Waals surface area contributed by atoms with E-state index in [2.05, 4.69) is 194 Å². The molecule has 0 aliphatic heterocycles. The molecule has 1 heterocycles. The molecule has 0 saturated carbocycles. The van der Waals surface area contributed by atoms with E-state index in [9.17, 15) is 0 Å². The summed E-state index contributed by atoms with van der Waals surface area (Å²) in [5, 5.41) is 9.98. The Hall–Kier alpha value is -6.01. The van der Waals surface area contributed by atoms with Gasteiger partial charge in [-0.2, -0.15) is 0 Å². The van der Waals surface area contributed by atoms with Gasteiger partial charge in [0.15, 0.2) is 0 Å². The predicted molar refractivity (Wildman–Crippen MR) is 219 cm³/mol. The fraction of sp³-hybridized carbons (Fsp3) is 0. The molecule has 50 heavy (non-hydrogen) atoms. The van der Waals surface area contributed by atoms with Crippen LogP contribution in [0.15, 0.2) is 194 Å². The first-order valence-corrected chi connectivity index (χ1v) is 19.0. The summed E-state index contributed by atoms with van der Waals surface area (Å²) in [6.07, 6.45) is 5.05. The van der Waals surface area contributed by atoms with Gasteiger partial charge in [-0.25, -0.2) is 4.98 Å². The Morgan fingerprint density at radius 2 is 0.940 bits per heavy atom. The molecule has 8 aromatic carbocycles. The predicted octanol–water partition coefficient (Wildman–Crippen LogP) is 11.3. The Morgan fingerprint density at radius 3 is 1.62 bits per heavy atom. The number of hydrogen-bond donors (Lipinski definition) is 0. The molecule has 0 N–H and O–H groups in total. The number of nitrogens with zero attached hydrogens (tertiary/aromatic N) is 1. The molecule has 0 fully saturated rings. The van der Waals surface area contributed by atoms with Crippen molar-refractivity contribution in [2.75, 3.05) is 0 Å². The SMILES string of the molecule is C=P(c1ccccc1)(c1ccccc1)c1ccc(-c2ccc(-c3cc(-c4ccccc4)c4c(ccc5ccccc54)n3)cc2)c2ccccc12. The van der Waals surface area contributed by atoms with Gasteiger partial charge in [-0.3, -0.25) is 0 Å². The lowest BCUT2D eigenvalue weighted by Crippen LogP contribution is -2.26. The average molecular weight is 656 g/mol. The van der Waals surface area contributed by atoms with Crippen LogP contribution in [0, 0.1) is 0 Å². The van der Waals surface area contributed by atoms with Crippen molar-refractivity contribution in [2.24, 2.45) is 0 Å². The molecule has 1 aromatic heterocycles.